The number of hydrogen-bond acceptors (Lipinski definition) is 4. The molecule has 0 aliphatic carbocycles. The van der Waals surface area contributed by atoms with E-state index in [0.29, 0.717) is 0 Å². The maximum absolute atomic E-state index is 5.57. The molecule has 1 fully saturated rings. The first-order chi connectivity index (χ1) is 6.90. The van der Waals surface area contributed by atoms with Gasteiger partial charge >= 0.3 is 0 Å². The third-order valence-electron chi connectivity index (χ3n) is 2.25. The lowest BCUT2D eigenvalue weighted by Gasteiger charge is -2.23. The summed E-state index contributed by atoms with van der Waals surface area (Å²) in [4.78, 5) is 4.28. The van der Waals surface area contributed by atoms with Crippen LogP contribution in [-0.4, -0.2) is 31.8 Å². The van der Waals surface area contributed by atoms with Crippen LogP contribution in [0.4, 0.5) is 0 Å². The molecule has 2 rings (SSSR count). The van der Waals surface area contributed by atoms with Gasteiger partial charge in [-0.1, -0.05) is 0 Å². The van der Waals surface area contributed by atoms with E-state index in [9.17, 15) is 0 Å². The zero-order chi connectivity index (χ0) is 9.80. The normalized spacial score (nSPS) is 21.9. The third kappa shape index (κ3) is 2.02. The summed E-state index contributed by atoms with van der Waals surface area (Å²) in [5.74, 6) is 0.775. The van der Waals surface area contributed by atoms with Crippen molar-refractivity contribution in [3.05, 3.63) is 24.0 Å². The highest BCUT2D eigenvalue weighted by molar-refractivity contribution is 5.21. The van der Waals surface area contributed by atoms with Crippen molar-refractivity contribution < 1.29 is 9.47 Å². The van der Waals surface area contributed by atoms with E-state index in [1.807, 2.05) is 12.1 Å². The molecule has 1 unspecified atom stereocenters. The van der Waals surface area contributed by atoms with Gasteiger partial charge in [-0.25, -0.2) is 0 Å². The van der Waals surface area contributed by atoms with Crippen LogP contribution in [0.25, 0.3) is 0 Å². The first-order valence-electron chi connectivity index (χ1n) is 4.72. The van der Waals surface area contributed by atoms with Crippen LogP contribution < -0.4 is 10.1 Å². The summed E-state index contributed by atoms with van der Waals surface area (Å²) in [7, 11) is 1.63. The number of aromatic nitrogens is 1. The summed E-state index contributed by atoms with van der Waals surface area (Å²) < 4.78 is 10.6. The van der Waals surface area contributed by atoms with E-state index in [1.54, 1.807) is 13.3 Å². The number of nitrogens with zero attached hydrogens (tertiary/aromatic N) is 1. The number of rotatable bonds is 2. The zero-order valence-corrected chi connectivity index (χ0v) is 8.19. The minimum absolute atomic E-state index is 0.0784. The van der Waals surface area contributed by atoms with Crippen LogP contribution in [0, 0.1) is 0 Å². The Kier molecular flexibility index (Phi) is 2.96. The molecule has 0 spiro atoms. The SMILES string of the molecule is COc1ccc(C2CNCCO2)nc1. The van der Waals surface area contributed by atoms with E-state index in [1.165, 1.54) is 0 Å². The molecule has 4 heteroatoms. The molecule has 0 radical (unpaired) electrons. The van der Waals surface area contributed by atoms with Gasteiger partial charge in [-0.05, 0) is 12.1 Å². The molecular formula is C10H14N2O2. The van der Waals surface area contributed by atoms with Crippen LogP contribution in [0.3, 0.4) is 0 Å². The van der Waals surface area contributed by atoms with Gasteiger partial charge in [-0.15, -0.1) is 0 Å². The largest absolute Gasteiger partial charge is 0.495 e. The average molecular weight is 194 g/mol. The second kappa shape index (κ2) is 4.39. The molecule has 1 aliphatic rings. The fraction of sp³-hybridized carbons (Fsp3) is 0.500. The highest BCUT2D eigenvalue weighted by Crippen LogP contribution is 2.18. The van der Waals surface area contributed by atoms with E-state index >= 15 is 0 Å². The van der Waals surface area contributed by atoms with Gasteiger partial charge in [0.1, 0.15) is 11.9 Å². The second-order valence-corrected chi connectivity index (χ2v) is 3.19. The minimum atomic E-state index is 0.0784. The maximum atomic E-state index is 5.57. The van der Waals surface area contributed by atoms with Gasteiger partial charge in [0, 0.05) is 13.1 Å². The summed E-state index contributed by atoms with van der Waals surface area (Å²) in [5.41, 5.74) is 0.956. The lowest BCUT2D eigenvalue weighted by atomic mass is 10.2. The van der Waals surface area contributed by atoms with Crippen molar-refractivity contribution in [3.8, 4) is 5.75 Å². The van der Waals surface area contributed by atoms with Crippen molar-refractivity contribution in [2.75, 3.05) is 26.8 Å². The van der Waals surface area contributed by atoms with Gasteiger partial charge in [-0.2, -0.15) is 0 Å². The predicted octanol–water partition coefficient (Wildman–Crippen LogP) is 0.751. The molecule has 1 aromatic rings. The first kappa shape index (κ1) is 9.43. The third-order valence-corrected chi connectivity index (χ3v) is 2.25. The van der Waals surface area contributed by atoms with Crippen LogP contribution >= 0.6 is 0 Å². The Labute approximate surface area is 83.2 Å². The molecule has 1 N–H and O–H groups in total. The molecule has 14 heavy (non-hydrogen) atoms. The molecule has 0 saturated carbocycles. The topological polar surface area (TPSA) is 43.4 Å². The Bertz CT molecular complexity index is 281. The van der Waals surface area contributed by atoms with Crippen LogP contribution in [0.5, 0.6) is 5.75 Å². The van der Waals surface area contributed by atoms with Crippen LogP contribution in [0.2, 0.25) is 0 Å². The van der Waals surface area contributed by atoms with Gasteiger partial charge in [0.15, 0.2) is 0 Å². The Morgan fingerprint density at radius 3 is 3.07 bits per heavy atom. The zero-order valence-electron chi connectivity index (χ0n) is 8.19. The van der Waals surface area contributed by atoms with E-state index in [4.69, 9.17) is 9.47 Å². The Balaban J connectivity index is 2.07. The molecule has 1 saturated heterocycles. The fourth-order valence-electron chi connectivity index (χ4n) is 1.46. The lowest BCUT2D eigenvalue weighted by Crippen LogP contribution is -2.33. The van der Waals surface area contributed by atoms with Gasteiger partial charge in [-0.3, -0.25) is 4.98 Å². The monoisotopic (exact) mass is 194 g/mol. The average Bonchev–Trinajstić information content (AvgIpc) is 2.30. The van der Waals surface area contributed by atoms with Gasteiger partial charge < -0.3 is 14.8 Å². The number of methoxy groups -OCH3 is 1. The van der Waals surface area contributed by atoms with Gasteiger partial charge in [0.2, 0.25) is 0 Å². The lowest BCUT2D eigenvalue weighted by molar-refractivity contribution is 0.0250. The maximum Gasteiger partial charge on any atom is 0.137 e. The van der Waals surface area contributed by atoms with Crippen molar-refractivity contribution in [2.24, 2.45) is 0 Å². The summed E-state index contributed by atoms with van der Waals surface area (Å²) in [5, 5.41) is 3.27. The summed E-state index contributed by atoms with van der Waals surface area (Å²) in [6.45, 7) is 2.50. The van der Waals surface area contributed by atoms with E-state index in [0.717, 1.165) is 31.1 Å². The van der Waals surface area contributed by atoms with E-state index < -0.39 is 0 Å². The Morgan fingerprint density at radius 2 is 2.50 bits per heavy atom. The standard InChI is InChI=1S/C10H14N2O2/c1-13-8-2-3-9(12-6-8)10-7-11-4-5-14-10/h2-3,6,10-11H,4-5,7H2,1H3. The fourth-order valence-corrected chi connectivity index (χ4v) is 1.46. The molecule has 2 heterocycles. The van der Waals surface area contributed by atoms with Gasteiger partial charge in [0.25, 0.3) is 0 Å². The molecule has 0 bridgehead atoms. The first-order valence-corrected chi connectivity index (χ1v) is 4.72. The van der Waals surface area contributed by atoms with Gasteiger partial charge in [0.05, 0.1) is 25.6 Å². The van der Waals surface area contributed by atoms with E-state index in [2.05, 4.69) is 10.3 Å². The highest BCUT2D eigenvalue weighted by atomic mass is 16.5. The number of morpholine rings is 1. The van der Waals surface area contributed by atoms with Crippen LogP contribution in [0.1, 0.15) is 11.8 Å². The van der Waals surface area contributed by atoms with Crippen LogP contribution in [0.15, 0.2) is 18.3 Å². The summed E-state index contributed by atoms with van der Waals surface area (Å²) in [6.07, 6.45) is 1.79. The number of hydrogen-bond donors (Lipinski definition) is 1. The van der Waals surface area contributed by atoms with Crippen molar-refractivity contribution in [3.63, 3.8) is 0 Å². The minimum Gasteiger partial charge on any atom is -0.495 e. The molecule has 76 valence electrons. The van der Waals surface area contributed by atoms with Crippen molar-refractivity contribution in [1.29, 1.82) is 0 Å². The van der Waals surface area contributed by atoms with E-state index in [-0.39, 0.29) is 6.10 Å². The Morgan fingerprint density at radius 1 is 1.57 bits per heavy atom. The molecule has 1 aromatic heterocycles. The Hall–Kier alpha value is -1.13. The summed E-state index contributed by atoms with van der Waals surface area (Å²) >= 11 is 0. The molecule has 4 nitrogen and oxygen atoms in total. The quantitative estimate of drug-likeness (QED) is 0.754. The van der Waals surface area contributed by atoms with Crippen molar-refractivity contribution in [2.45, 2.75) is 6.10 Å². The molecule has 0 amide bonds. The highest BCUT2D eigenvalue weighted by Gasteiger charge is 2.16. The smallest absolute Gasteiger partial charge is 0.137 e. The predicted molar refractivity (Wildman–Crippen MR) is 52.4 cm³/mol. The molecular weight excluding hydrogens is 180 g/mol. The molecule has 1 atom stereocenters. The summed E-state index contributed by atoms with van der Waals surface area (Å²) in [6, 6.07) is 3.84. The van der Waals surface area contributed by atoms with Crippen molar-refractivity contribution in [1.82, 2.24) is 10.3 Å². The molecule has 0 aromatic carbocycles. The number of ether oxygens (including phenoxy) is 2. The van der Waals surface area contributed by atoms with Crippen molar-refractivity contribution >= 4 is 0 Å². The number of pyridine rings is 1. The second-order valence-electron chi connectivity index (χ2n) is 3.19. The molecule has 1 aliphatic heterocycles. The van der Waals surface area contributed by atoms with Crippen LogP contribution in [-0.2, 0) is 4.74 Å². The number of nitrogens with one attached hydrogen (secondary N) is 1.